The van der Waals surface area contributed by atoms with E-state index in [2.05, 4.69) is 17.7 Å². The van der Waals surface area contributed by atoms with Gasteiger partial charge in [0.2, 0.25) is 0 Å². The molecule has 0 aromatic carbocycles. The maximum Gasteiger partial charge on any atom is 0.166 e. The summed E-state index contributed by atoms with van der Waals surface area (Å²) in [5.41, 5.74) is 0. The summed E-state index contributed by atoms with van der Waals surface area (Å²) in [6.45, 7) is 0. The molecular formula is C5H6BrIN+. The van der Waals surface area contributed by atoms with E-state index < -0.39 is 0 Å². The summed E-state index contributed by atoms with van der Waals surface area (Å²) in [5.74, 6) is 0. The van der Waals surface area contributed by atoms with Crippen LogP contribution in [0.4, 0.5) is 0 Å². The molecule has 0 fully saturated rings. The monoisotopic (exact) mass is 286 g/mol. The number of hydrogen-bond donors (Lipinski definition) is 0. The van der Waals surface area contributed by atoms with Crippen LogP contribution in [-0.4, -0.2) is 0 Å². The molecule has 1 aromatic heterocycles. The highest BCUT2D eigenvalue weighted by Gasteiger charge is 1.65. The van der Waals surface area contributed by atoms with Crippen molar-refractivity contribution in [2.24, 2.45) is 0 Å². The topological polar surface area (TPSA) is 14.1 Å². The summed E-state index contributed by atoms with van der Waals surface area (Å²) in [4.78, 5) is 2.89. The molecule has 1 rings (SSSR count). The van der Waals surface area contributed by atoms with Crippen LogP contribution in [0, 0.1) is 0 Å². The molecule has 1 heterocycles. The van der Waals surface area contributed by atoms with Crippen molar-refractivity contribution in [3.8, 4) is 0 Å². The first-order valence-electron chi connectivity index (χ1n) is 2.05. The first-order valence-corrected chi connectivity index (χ1v) is 6.89. The lowest BCUT2D eigenvalue weighted by atomic mass is 10.5. The zero-order valence-corrected chi connectivity index (χ0v) is 7.89. The van der Waals surface area contributed by atoms with Gasteiger partial charge in [0.05, 0.1) is 0 Å². The second-order valence-electron chi connectivity index (χ2n) is 1.08. The normalized spacial score (nSPS) is 6.75. The summed E-state index contributed by atoms with van der Waals surface area (Å²) >= 11 is 4.87. The largest absolute Gasteiger partial charge is 0.218 e. The van der Waals surface area contributed by atoms with Gasteiger partial charge in [-0.05, 0) is 12.7 Å². The summed E-state index contributed by atoms with van der Waals surface area (Å²) < 4.78 is 0. The number of nitrogens with one attached hydrogen (secondary N) is 1. The second kappa shape index (κ2) is 7.36. The predicted octanol–water partition coefficient (Wildman–Crippen LogP) is 2.23. The van der Waals surface area contributed by atoms with Gasteiger partial charge in [-0.3, -0.25) is 0 Å². The van der Waals surface area contributed by atoms with E-state index in [9.17, 15) is 0 Å². The van der Waals surface area contributed by atoms with E-state index in [4.69, 9.17) is 0 Å². The molecule has 0 saturated heterocycles. The number of hydrogen-bond acceptors (Lipinski definition) is 0. The summed E-state index contributed by atoms with van der Waals surface area (Å²) in [6.07, 6.45) is 3.75. The van der Waals surface area contributed by atoms with E-state index in [1.54, 1.807) is 0 Å². The van der Waals surface area contributed by atoms with Crippen molar-refractivity contribution in [3.63, 3.8) is 0 Å². The van der Waals surface area contributed by atoms with E-state index in [0.29, 0.717) is 0 Å². The van der Waals surface area contributed by atoms with Crippen LogP contribution in [0.5, 0.6) is 0 Å². The number of aromatic amines is 1. The zero-order chi connectivity index (χ0) is 6.24. The lowest BCUT2D eigenvalue weighted by Gasteiger charge is -1.63. The summed E-state index contributed by atoms with van der Waals surface area (Å²) in [5, 5.41) is 0. The molecule has 0 amide bonds. The van der Waals surface area contributed by atoms with Crippen molar-refractivity contribution < 1.29 is 4.98 Å². The third-order valence-electron chi connectivity index (χ3n) is 0.607. The van der Waals surface area contributed by atoms with Crippen molar-refractivity contribution in [1.82, 2.24) is 0 Å². The van der Waals surface area contributed by atoms with E-state index >= 15 is 0 Å². The molecule has 0 aliphatic carbocycles. The summed E-state index contributed by atoms with van der Waals surface area (Å²) in [7, 11) is 0. The zero-order valence-electron chi connectivity index (χ0n) is 4.14. The third kappa shape index (κ3) is 4.52. The Morgan fingerprint density at radius 1 is 1.00 bits per heavy atom. The molecule has 0 spiro atoms. The van der Waals surface area contributed by atoms with Crippen LogP contribution < -0.4 is 4.98 Å². The Morgan fingerprint density at radius 3 is 1.62 bits per heavy atom. The molecule has 0 aliphatic rings. The fourth-order valence-electron chi connectivity index (χ4n) is 0.342. The molecule has 0 atom stereocenters. The lowest BCUT2D eigenvalue weighted by Crippen LogP contribution is -1.93. The maximum atomic E-state index is 2.91. The van der Waals surface area contributed by atoms with Gasteiger partial charge in [-0.15, -0.1) is 0 Å². The minimum Gasteiger partial charge on any atom is -0.218 e. The van der Waals surface area contributed by atoms with E-state index in [-0.39, 0.29) is 0 Å². The van der Waals surface area contributed by atoms with Crippen LogP contribution in [0.15, 0.2) is 30.6 Å². The van der Waals surface area contributed by atoms with Crippen LogP contribution in [-0.2, 0) is 0 Å². The molecule has 0 bridgehead atoms. The molecule has 0 aliphatic heterocycles. The van der Waals surface area contributed by atoms with Crippen LogP contribution in [0.1, 0.15) is 0 Å². The average molecular weight is 287 g/mol. The fourth-order valence-corrected chi connectivity index (χ4v) is 0.342. The van der Waals surface area contributed by atoms with Crippen LogP contribution >= 0.6 is 33.1 Å². The van der Waals surface area contributed by atoms with Crippen LogP contribution in [0.2, 0.25) is 0 Å². The van der Waals surface area contributed by atoms with Gasteiger partial charge < -0.3 is 0 Å². The number of H-pyrrole nitrogens is 1. The quantitative estimate of drug-likeness (QED) is 0.650. The molecule has 1 aromatic rings. The van der Waals surface area contributed by atoms with Gasteiger partial charge in [-0.1, -0.05) is 6.07 Å². The SMILES string of the molecule is BrI.c1cc[nH+]cc1. The van der Waals surface area contributed by atoms with Crippen LogP contribution in [0.25, 0.3) is 0 Å². The molecule has 3 heteroatoms. The van der Waals surface area contributed by atoms with E-state index in [0.717, 1.165) is 0 Å². The minimum atomic E-state index is 1.88. The Kier molecular flexibility index (Phi) is 7.69. The average Bonchev–Trinajstić information content (AvgIpc) is 1.96. The van der Waals surface area contributed by atoms with Gasteiger partial charge in [0.25, 0.3) is 0 Å². The van der Waals surface area contributed by atoms with E-state index in [1.807, 2.05) is 51.0 Å². The molecule has 1 nitrogen and oxygen atoms in total. The Labute approximate surface area is 68.4 Å². The summed E-state index contributed by atoms with van der Waals surface area (Å²) in [6, 6.07) is 5.86. The van der Waals surface area contributed by atoms with E-state index in [1.165, 1.54) is 0 Å². The van der Waals surface area contributed by atoms with Gasteiger partial charge in [0, 0.05) is 32.5 Å². The molecule has 0 unspecified atom stereocenters. The highest BCUT2D eigenvalue weighted by atomic mass is 127. The smallest absolute Gasteiger partial charge is 0.166 e. The Hall–Kier alpha value is 0.360. The lowest BCUT2D eigenvalue weighted by molar-refractivity contribution is -0.377. The van der Waals surface area contributed by atoms with Gasteiger partial charge in [0.1, 0.15) is 0 Å². The highest BCUT2D eigenvalue weighted by molar-refractivity contribution is 14.2. The van der Waals surface area contributed by atoms with Crippen molar-refractivity contribution in [3.05, 3.63) is 30.6 Å². The van der Waals surface area contributed by atoms with Crippen molar-refractivity contribution in [1.29, 1.82) is 0 Å². The van der Waals surface area contributed by atoms with Gasteiger partial charge in [0.15, 0.2) is 12.4 Å². The number of halogens is 2. The molecule has 8 heavy (non-hydrogen) atoms. The standard InChI is InChI=1S/C5H5N.BrI/c1-2-4-6-5-3-1;1-2/h1-5H;/p+1. The van der Waals surface area contributed by atoms with Crippen molar-refractivity contribution in [2.75, 3.05) is 0 Å². The minimum absolute atomic E-state index is 1.88. The maximum absolute atomic E-state index is 2.91. The van der Waals surface area contributed by atoms with Gasteiger partial charge in [-0.25, -0.2) is 4.98 Å². The second-order valence-corrected chi connectivity index (χ2v) is 1.08. The van der Waals surface area contributed by atoms with Crippen molar-refractivity contribution >= 4 is 33.1 Å². The number of rotatable bonds is 0. The van der Waals surface area contributed by atoms with Gasteiger partial charge >= 0.3 is 0 Å². The number of pyridine rings is 1. The Bertz CT molecular complexity index is 84.4. The molecular weight excluding hydrogens is 281 g/mol. The Morgan fingerprint density at radius 2 is 1.50 bits per heavy atom. The third-order valence-corrected chi connectivity index (χ3v) is 0.607. The molecule has 44 valence electrons. The fraction of sp³-hybridized carbons (Fsp3) is 0. The molecule has 0 radical (unpaired) electrons. The number of aromatic nitrogens is 1. The molecule has 1 N–H and O–H groups in total. The van der Waals surface area contributed by atoms with Crippen LogP contribution in [0.3, 0.4) is 0 Å². The first-order chi connectivity index (χ1) is 4.00. The Balaban J connectivity index is 0.000000222. The first kappa shape index (κ1) is 8.36. The van der Waals surface area contributed by atoms with Gasteiger partial charge in [-0.2, -0.15) is 0 Å². The van der Waals surface area contributed by atoms with Crippen molar-refractivity contribution in [2.45, 2.75) is 0 Å². The predicted molar refractivity (Wildman–Crippen MR) is 45.9 cm³/mol. The molecule has 0 saturated carbocycles. The highest BCUT2D eigenvalue weighted by Crippen LogP contribution is 1.87.